The lowest BCUT2D eigenvalue weighted by molar-refractivity contribution is -0.131. The molecule has 0 bridgehead atoms. The monoisotopic (exact) mass is 326 g/mol. The highest BCUT2D eigenvalue weighted by atomic mass is 35.5. The SMILES string of the molecule is CCCC1NC(c2ccc(Cl)cc2)N(C(C)CSC)C1=O. The first-order chi connectivity index (χ1) is 10.1. The lowest BCUT2D eigenvalue weighted by atomic mass is 10.1. The van der Waals surface area contributed by atoms with Gasteiger partial charge in [-0.05, 0) is 37.3 Å². The number of hydrogen-bond acceptors (Lipinski definition) is 3. The van der Waals surface area contributed by atoms with Crippen LogP contribution in [-0.4, -0.2) is 34.9 Å². The second kappa shape index (κ2) is 7.52. The number of carbonyl (C=O) groups is 1. The summed E-state index contributed by atoms with van der Waals surface area (Å²) in [6.07, 6.45) is 3.91. The zero-order valence-electron chi connectivity index (χ0n) is 12.8. The molecule has 3 atom stereocenters. The van der Waals surface area contributed by atoms with E-state index in [1.165, 1.54) is 0 Å². The highest BCUT2D eigenvalue weighted by Crippen LogP contribution is 2.30. The van der Waals surface area contributed by atoms with Crippen molar-refractivity contribution in [3.63, 3.8) is 0 Å². The molecule has 1 aliphatic heterocycles. The Morgan fingerprint density at radius 1 is 1.38 bits per heavy atom. The van der Waals surface area contributed by atoms with Crippen LogP contribution in [0.2, 0.25) is 5.02 Å². The van der Waals surface area contributed by atoms with Gasteiger partial charge in [-0.2, -0.15) is 11.8 Å². The van der Waals surface area contributed by atoms with Gasteiger partial charge in [-0.3, -0.25) is 10.1 Å². The van der Waals surface area contributed by atoms with Gasteiger partial charge in [0, 0.05) is 16.8 Å². The van der Waals surface area contributed by atoms with E-state index in [1.807, 2.05) is 29.2 Å². The van der Waals surface area contributed by atoms with Crippen molar-refractivity contribution >= 4 is 29.3 Å². The number of halogens is 1. The predicted molar refractivity (Wildman–Crippen MR) is 90.7 cm³/mol. The van der Waals surface area contributed by atoms with Crippen LogP contribution in [0.5, 0.6) is 0 Å². The van der Waals surface area contributed by atoms with Gasteiger partial charge >= 0.3 is 0 Å². The van der Waals surface area contributed by atoms with Gasteiger partial charge in [0.05, 0.1) is 6.04 Å². The predicted octanol–water partition coefficient (Wildman–Crippen LogP) is 3.69. The molecule has 116 valence electrons. The summed E-state index contributed by atoms with van der Waals surface area (Å²) < 4.78 is 0. The Kier molecular flexibility index (Phi) is 5.97. The van der Waals surface area contributed by atoms with Crippen molar-refractivity contribution < 1.29 is 4.79 Å². The highest BCUT2D eigenvalue weighted by molar-refractivity contribution is 7.98. The van der Waals surface area contributed by atoms with E-state index in [1.54, 1.807) is 11.8 Å². The number of nitrogens with zero attached hydrogens (tertiary/aromatic N) is 1. The average Bonchev–Trinajstić information content (AvgIpc) is 2.78. The van der Waals surface area contributed by atoms with Crippen molar-refractivity contribution in [2.75, 3.05) is 12.0 Å². The molecule has 0 saturated carbocycles. The third kappa shape index (κ3) is 3.74. The number of benzene rings is 1. The minimum atomic E-state index is -0.0695. The Bertz CT molecular complexity index is 480. The van der Waals surface area contributed by atoms with Crippen LogP contribution >= 0.6 is 23.4 Å². The molecule has 1 saturated heterocycles. The van der Waals surface area contributed by atoms with E-state index < -0.39 is 0 Å². The van der Waals surface area contributed by atoms with Gasteiger partial charge < -0.3 is 4.90 Å². The van der Waals surface area contributed by atoms with E-state index in [0.29, 0.717) is 0 Å². The normalized spacial score (nSPS) is 23.6. The van der Waals surface area contributed by atoms with Gasteiger partial charge in [-0.1, -0.05) is 37.1 Å². The molecule has 1 amide bonds. The first-order valence-electron chi connectivity index (χ1n) is 7.41. The first kappa shape index (κ1) is 16.7. The van der Waals surface area contributed by atoms with Crippen LogP contribution < -0.4 is 5.32 Å². The Hall–Kier alpha value is -0.710. The Labute approximate surface area is 136 Å². The maximum Gasteiger partial charge on any atom is 0.241 e. The number of hydrogen-bond donors (Lipinski definition) is 1. The average molecular weight is 327 g/mol. The maximum absolute atomic E-state index is 12.7. The van der Waals surface area contributed by atoms with Gasteiger partial charge in [0.2, 0.25) is 5.91 Å². The van der Waals surface area contributed by atoms with Crippen LogP contribution in [-0.2, 0) is 4.79 Å². The molecule has 1 fully saturated rings. The second-order valence-electron chi connectivity index (χ2n) is 5.51. The fourth-order valence-corrected chi connectivity index (χ4v) is 3.61. The number of nitrogens with one attached hydrogen (secondary N) is 1. The Morgan fingerprint density at radius 2 is 2.05 bits per heavy atom. The number of rotatable bonds is 6. The molecule has 1 aliphatic rings. The van der Waals surface area contributed by atoms with E-state index in [0.717, 1.165) is 29.2 Å². The smallest absolute Gasteiger partial charge is 0.241 e. The molecule has 1 N–H and O–H groups in total. The third-order valence-corrected chi connectivity index (χ3v) is 4.90. The van der Waals surface area contributed by atoms with Gasteiger partial charge in [0.1, 0.15) is 6.17 Å². The fraction of sp³-hybridized carbons (Fsp3) is 0.562. The van der Waals surface area contributed by atoms with Crippen LogP contribution in [0.3, 0.4) is 0 Å². The van der Waals surface area contributed by atoms with Crippen LogP contribution in [0.1, 0.15) is 38.4 Å². The van der Waals surface area contributed by atoms with E-state index in [2.05, 4.69) is 25.4 Å². The van der Waals surface area contributed by atoms with E-state index in [-0.39, 0.29) is 24.2 Å². The Balaban J connectivity index is 2.26. The fourth-order valence-electron chi connectivity index (χ4n) is 2.84. The topological polar surface area (TPSA) is 32.3 Å². The molecule has 0 aromatic heterocycles. The molecular formula is C16H23ClN2OS. The van der Waals surface area contributed by atoms with Crippen molar-refractivity contribution in [3.05, 3.63) is 34.9 Å². The molecule has 3 nitrogen and oxygen atoms in total. The standard InChI is InChI=1S/C16H23ClN2OS/c1-4-5-14-16(20)19(11(2)10-21-3)15(18-14)12-6-8-13(17)9-7-12/h6-9,11,14-15,18H,4-5,10H2,1-3H3. The molecule has 2 rings (SSSR count). The summed E-state index contributed by atoms with van der Waals surface area (Å²) in [7, 11) is 0. The van der Waals surface area contributed by atoms with Gasteiger partial charge in [0.25, 0.3) is 0 Å². The molecule has 0 radical (unpaired) electrons. The summed E-state index contributed by atoms with van der Waals surface area (Å²) in [5, 5.41) is 4.21. The van der Waals surface area contributed by atoms with Crippen molar-refractivity contribution in [1.82, 2.24) is 10.2 Å². The highest BCUT2D eigenvalue weighted by Gasteiger charge is 2.41. The van der Waals surface area contributed by atoms with Crippen LogP contribution in [0.25, 0.3) is 0 Å². The molecule has 21 heavy (non-hydrogen) atoms. The van der Waals surface area contributed by atoms with Crippen molar-refractivity contribution in [3.8, 4) is 0 Å². The molecule has 5 heteroatoms. The summed E-state index contributed by atoms with van der Waals surface area (Å²) in [5.41, 5.74) is 1.10. The lowest BCUT2D eigenvalue weighted by Gasteiger charge is -2.30. The van der Waals surface area contributed by atoms with Gasteiger partial charge in [-0.15, -0.1) is 0 Å². The summed E-state index contributed by atoms with van der Waals surface area (Å²) >= 11 is 7.74. The number of amides is 1. The minimum absolute atomic E-state index is 0.0477. The maximum atomic E-state index is 12.7. The zero-order chi connectivity index (χ0) is 15.4. The third-order valence-electron chi connectivity index (χ3n) is 3.84. The second-order valence-corrected chi connectivity index (χ2v) is 6.86. The molecule has 0 aliphatic carbocycles. The minimum Gasteiger partial charge on any atom is -0.318 e. The molecule has 0 spiro atoms. The Morgan fingerprint density at radius 3 is 2.62 bits per heavy atom. The summed E-state index contributed by atoms with van der Waals surface area (Å²) in [6, 6.07) is 7.91. The molecule has 1 aromatic rings. The number of carbonyl (C=O) groups excluding carboxylic acids is 1. The molecule has 1 heterocycles. The van der Waals surface area contributed by atoms with Crippen LogP contribution in [0, 0.1) is 0 Å². The van der Waals surface area contributed by atoms with Gasteiger partial charge in [-0.25, -0.2) is 0 Å². The largest absolute Gasteiger partial charge is 0.318 e. The lowest BCUT2D eigenvalue weighted by Crippen LogP contribution is -2.39. The zero-order valence-corrected chi connectivity index (χ0v) is 14.4. The van der Waals surface area contributed by atoms with Crippen molar-refractivity contribution in [1.29, 1.82) is 0 Å². The molecular weight excluding hydrogens is 304 g/mol. The number of thioether (sulfide) groups is 1. The first-order valence-corrected chi connectivity index (χ1v) is 9.18. The van der Waals surface area contributed by atoms with Crippen molar-refractivity contribution in [2.24, 2.45) is 0 Å². The van der Waals surface area contributed by atoms with Crippen LogP contribution in [0.15, 0.2) is 24.3 Å². The van der Waals surface area contributed by atoms with E-state index in [4.69, 9.17) is 11.6 Å². The van der Waals surface area contributed by atoms with Crippen molar-refractivity contribution in [2.45, 2.75) is 44.9 Å². The van der Waals surface area contributed by atoms with E-state index in [9.17, 15) is 4.79 Å². The van der Waals surface area contributed by atoms with Crippen LogP contribution in [0.4, 0.5) is 0 Å². The molecule has 3 unspecified atom stereocenters. The summed E-state index contributed by atoms with van der Waals surface area (Å²) in [4.78, 5) is 14.7. The summed E-state index contributed by atoms with van der Waals surface area (Å²) in [5.74, 6) is 1.16. The van der Waals surface area contributed by atoms with Gasteiger partial charge in [0.15, 0.2) is 0 Å². The van der Waals surface area contributed by atoms with E-state index >= 15 is 0 Å². The molecule has 1 aromatic carbocycles. The summed E-state index contributed by atoms with van der Waals surface area (Å²) in [6.45, 7) is 4.23. The quantitative estimate of drug-likeness (QED) is 0.865.